The molecule has 0 radical (unpaired) electrons. The van der Waals surface area contributed by atoms with Gasteiger partial charge in [-0.2, -0.15) is 0 Å². The molecule has 2 N–H and O–H groups in total. The molecule has 4 heteroatoms. The Morgan fingerprint density at radius 3 is 2.80 bits per heavy atom. The number of hydrogen-bond acceptors (Lipinski definition) is 2. The molecule has 0 fully saturated rings. The Morgan fingerprint density at radius 1 is 1.47 bits per heavy atom. The second-order valence-corrected chi connectivity index (χ2v) is 4.06. The van der Waals surface area contributed by atoms with Crippen molar-refractivity contribution in [1.29, 1.82) is 0 Å². The van der Waals surface area contributed by atoms with Gasteiger partial charge in [0.1, 0.15) is 5.75 Å². The first-order valence-electron chi connectivity index (χ1n) is 4.84. The van der Waals surface area contributed by atoms with Crippen molar-refractivity contribution < 1.29 is 13.5 Å². The second kappa shape index (κ2) is 3.45. The number of alkyl halides is 2. The van der Waals surface area contributed by atoms with Crippen LogP contribution in [0, 0.1) is 0 Å². The number of nitrogens with two attached hydrogens (primary N) is 1. The zero-order valence-electron chi connectivity index (χ0n) is 8.41. The third-order valence-electron chi connectivity index (χ3n) is 2.75. The highest BCUT2D eigenvalue weighted by atomic mass is 19.3. The highest BCUT2D eigenvalue weighted by Crippen LogP contribution is 2.40. The molecule has 0 saturated carbocycles. The van der Waals surface area contributed by atoms with E-state index in [-0.39, 0.29) is 12.5 Å². The Hall–Kier alpha value is -1.16. The maximum absolute atomic E-state index is 12.8. The predicted molar refractivity (Wildman–Crippen MR) is 53.0 cm³/mol. The SMILES string of the molecule is CC1(C(F)F)CC(N)c2ccccc2O1. The van der Waals surface area contributed by atoms with Crippen molar-refractivity contribution in [2.24, 2.45) is 5.73 Å². The summed E-state index contributed by atoms with van der Waals surface area (Å²) < 4.78 is 30.9. The van der Waals surface area contributed by atoms with E-state index in [1.165, 1.54) is 6.92 Å². The summed E-state index contributed by atoms with van der Waals surface area (Å²) in [6.07, 6.45) is -2.39. The van der Waals surface area contributed by atoms with E-state index in [9.17, 15) is 8.78 Å². The lowest BCUT2D eigenvalue weighted by molar-refractivity contribution is -0.0808. The van der Waals surface area contributed by atoms with E-state index >= 15 is 0 Å². The number of halogens is 2. The molecule has 1 aromatic carbocycles. The van der Waals surface area contributed by atoms with Crippen molar-refractivity contribution in [1.82, 2.24) is 0 Å². The zero-order valence-corrected chi connectivity index (χ0v) is 8.41. The summed E-state index contributed by atoms with van der Waals surface area (Å²) in [5, 5.41) is 0. The number of rotatable bonds is 1. The fraction of sp³-hybridized carbons (Fsp3) is 0.455. The Bertz CT molecular complexity index is 369. The first kappa shape index (κ1) is 10.4. The molecular weight excluding hydrogens is 200 g/mol. The van der Waals surface area contributed by atoms with Crippen LogP contribution in [0.3, 0.4) is 0 Å². The minimum atomic E-state index is -2.53. The summed E-state index contributed by atoms with van der Waals surface area (Å²) in [6.45, 7) is 1.40. The second-order valence-electron chi connectivity index (χ2n) is 4.06. The van der Waals surface area contributed by atoms with Gasteiger partial charge in [-0.05, 0) is 13.0 Å². The van der Waals surface area contributed by atoms with Crippen LogP contribution in [-0.4, -0.2) is 12.0 Å². The summed E-state index contributed by atoms with van der Waals surface area (Å²) in [6, 6.07) is 6.68. The summed E-state index contributed by atoms with van der Waals surface area (Å²) in [5.41, 5.74) is 5.18. The third kappa shape index (κ3) is 1.69. The van der Waals surface area contributed by atoms with E-state index in [2.05, 4.69) is 0 Å². The molecule has 0 aliphatic carbocycles. The molecule has 0 amide bonds. The number of para-hydroxylation sites is 1. The van der Waals surface area contributed by atoms with Gasteiger partial charge in [0.25, 0.3) is 6.43 Å². The van der Waals surface area contributed by atoms with E-state index in [0.29, 0.717) is 5.75 Å². The van der Waals surface area contributed by atoms with Crippen LogP contribution in [-0.2, 0) is 0 Å². The zero-order chi connectivity index (χ0) is 11.1. The molecule has 1 heterocycles. The maximum atomic E-state index is 12.8. The molecule has 15 heavy (non-hydrogen) atoms. The summed E-state index contributed by atoms with van der Waals surface area (Å²) >= 11 is 0. The third-order valence-corrected chi connectivity index (χ3v) is 2.75. The fourth-order valence-electron chi connectivity index (χ4n) is 1.85. The van der Waals surface area contributed by atoms with E-state index in [0.717, 1.165) is 5.56 Å². The van der Waals surface area contributed by atoms with Gasteiger partial charge in [-0.3, -0.25) is 0 Å². The van der Waals surface area contributed by atoms with Crippen LogP contribution in [0.5, 0.6) is 5.75 Å². The largest absolute Gasteiger partial charge is 0.481 e. The average Bonchev–Trinajstić information content (AvgIpc) is 2.17. The molecule has 1 aromatic rings. The van der Waals surface area contributed by atoms with Gasteiger partial charge < -0.3 is 10.5 Å². The molecule has 1 aliphatic heterocycles. The van der Waals surface area contributed by atoms with Gasteiger partial charge in [-0.25, -0.2) is 8.78 Å². The average molecular weight is 213 g/mol. The molecule has 0 saturated heterocycles. The monoisotopic (exact) mass is 213 g/mol. The number of benzene rings is 1. The summed E-state index contributed by atoms with van der Waals surface area (Å²) in [5.74, 6) is 0.471. The molecule has 2 atom stereocenters. The van der Waals surface area contributed by atoms with Crippen molar-refractivity contribution in [2.45, 2.75) is 31.4 Å². The van der Waals surface area contributed by atoms with Gasteiger partial charge in [0, 0.05) is 18.0 Å². The van der Waals surface area contributed by atoms with E-state index < -0.39 is 12.0 Å². The number of ether oxygens (including phenoxy) is 1. The van der Waals surface area contributed by atoms with Crippen molar-refractivity contribution >= 4 is 0 Å². The fourth-order valence-corrected chi connectivity index (χ4v) is 1.85. The molecule has 2 rings (SSSR count). The molecule has 0 aromatic heterocycles. The van der Waals surface area contributed by atoms with E-state index in [4.69, 9.17) is 10.5 Å². The van der Waals surface area contributed by atoms with Gasteiger partial charge in [-0.15, -0.1) is 0 Å². The molecule has 2 nitrogen and oxygen atoms in total. The van der Waals surface area contributed by atoms with Crippen molar-refractivity contribution in [3.05, 3.63) is 29.8 Å². The van der Waals surface area contributed by atoms with Crippen LogP contribution < -0.4 is 10.5 Å². The lowest BCUT2D eigenvalue weighted by atomic mass is 9.89. The number of hydrogen-bond donors (Lipinski definition) is 1. The normalized spacial score (nSPS) is 29.8. The predicted octanol–water partition coefficient (Wildman–Crippen LogP) is 2.49. The Labute approximate surface area is 87.0 Å². The topological polar surface area (TPSA) is 35.2 Å². The van der Waals surface area contributed by atoms with E-state index in [1.807, 2.05) is 12.1 Å². The molecule has 1 aliphatic rings. The molecule has 0 bridgehead atoms. The van der Waals surface area contributed by atoms with Crippen LogP contribution in [0.2, 0.25) is 0 Å². The Balaban J connectivity index is 2.38. The van der Waals surface area contributed by atoms with Crippen LogP contribution in [0.15, 0.2) is 24.3 Å². The highest BCUT2D eigenvalue weighted by molar-refractivity contribution is 5.38. The molecule has 2 unspecified atom stereocenters. The van der Waals surface area contributed by atoms with Crippen LogP contribution in [0.25, 0.3) is 0 Å². The minimum absolute atomic E-state index is 0.141. The van der Waals surface area contributed by atoms with E-state index in [1.54, 1.807) is 12.1 Å². The lowest BCUT2D eigenvalue weighted by Gasteiger charge is -2.37. The quantitative estimate of drug-likeness (QED) is 0.777. The molecular formula is C11H13F2NO. The van der Waals surface area contributed by atoms with Gasteiger partial charge in [0.15, 0.2) is 5.60 Å². The number of fused-ring (bicyclic) bond motifs is 1. The first-order chi connectivity index (χ1) is 7.03. The minimum Gasteiger partial charge on any atom is -0.481 e. The van der Waals surface area contributed by atoms with Crippen LogP contribution in [0.1, 0.15) is 24.9 Å². The summed E-state index contributed by atoms with van der Waals surface area (Å²) in [4.78, 5) is 0. The van der Waals surface area contributed by atoms with Crippen LogP contribution in [0.4, 0.5) is 8.78 Å². The van der Waals surface area contributed by atoms with Gasteiger partial charge in [0.05, 0.1) is 0 Å². The van der Waals surface area contributed by atoms with Gasteiger partial charge in [-0.1, -0.05) is 18.2 Å². The molecule has 0 spiro atoms. The summed E-state index contributed by atoms with van der Waals surface area (Å²) in [7, 11) is 0. The Kier molecular flexibility index (Phi) is 2.38. The van der Waals surface area contributed by atoms with Gasteiger partial charge in [0.2, 0.25) is 0 Å². The first-order valence-corrected chi connectivity index (χ1v) is 4.84. The lowest BCUT2D eigenvalue weighted by Crippen LogP contribution is -2.46. The molecule has 82 valence electrons. The Morgan fingerprint density at radius 2 is 2.13 bits per heavy atom. The van der Waals surface area contributed by atoms with Crippen LogP contribution >= 0.6 is 0 Å². The van der Waals surface area contributed by atoms with Crippen molar-refractivity contribution in [2.75, 3.05) is 0 Å². The smallest absolute Gasteiger partial charge is 0.277 e. The van der Waals surface area contributed by atoms with Gasteiger partial charge >= 0.3 is 0 Å². The maximum Gasteiger partial charge on any atom is 0.277 e. The highest BCUT2D eigenvalue weighted by Gasteiger charge is 2.43. The standard InChI is InChI=1S/C11H13F2NO/c1-11(10(12)13)6-8(14)7-4-2-3-5-9(7)15-11/h2-5,8,10H,6,14H2,1H3. The van der Waals surface area contributed by atoms with Crippen molar-refractivity contribution in [3.8, 4) is 5.75 Å². The van der Waals surface area contributed by atoms with Crippen molar-refractivity contribution in [3.63, 3.8) is 0 Å².